The van der Waals surface area contributed by atoms with Gasteiger partial charge < -0.3 is 15.1 Å². The van der Waals surface area contributed by atoms with Crippen molar-refractivity contribution in [1.82, 2.24) is 4.90 Å². The van der Waals surface area contributed by atoms with Crippen LogP contribution in [0.25, 0.3) is 0 Å². The minimum Gasteiger partial charge on any atom is -0.507 e. The van der Waals surface area contributed by atoms with E-state index in [9.17, 15) is 9.90 Å². The first-order valence-electron chi connectivity index (χ1n) is 6.85. The monoisotopic (exact) mass is 285 g/mol. The van der Waals surface area contributed by atoms with Crippen molar-refractivity contribution in [2.45, 2.75) is 13.5 Å². The first kappa shape index (κ1) is 15.1. The number of hydrogen-bond donors (Lipinski definition) is 2. The highest BCUT2D eigenvalue weighted by Gasteiger charge is 2.18. The van der Waals surface area contributed by atoms with Crippen LogP contribution in [0.4, 0.5) is 0 Å². The van der Waals surface area contributed by atoms with Crippen LogP contribution in [-0.4, -0.2) is 34.2 Å². The molecule has 2 N–H and O–H groups in total. The van der Waals surface area contributed by atoms with Gasteiger partial charge in [-0.05, 0) is 30.2 Å². The molecule has 1 amide bonds. The Balaban J connectivity index is 2.23. The number of benzene rings is 2. The number of phenols is 1. The van der Waals surface area contributed by atoms with E-state index in [1.54, 1.807) is 18.2 Å². The maximum Gasteiger partial charge on any atom is 0.257 e. The molecule has 0 aliphatic rings. The molecule has 0 saturated carbocycles. The number of nitrogens with zero attached hydrogens (tertiary/aromatic N) is 1. The summed E-state index contributed by atoms with van der Waals surface area (Å²) in [7, 11) is 0. The Kier molecular flexibility index (Phi) is 4.95. The summed E-state index contributed by atoms with van der Waals surface area (Å²) < 4.78 is 0. The zero-order valence-corrected chi connectivity index (χ0v) is 12.0. The van der Waals surface area contributed by atoms with Crippen molar-refractivity contribution in [3.05, 3.63) is 65.2 Å². The zero-order valence-electron chi connectivity index (χ0n) is 12.0. The number of rotatable bonds is 5. The molecule has 0 aliphatic heterocycles. The van der Waals surface area contributed by atoms with E-state index in [0.717, 1.165) is 11.1 Å². The van der Waals surface area contributed by atoms with Gasteiger partial charge in [0.05, 0.1) is 12.2 Å². The Hall–Kier alpha value is -2.33. The highest BCUT2D eigenvalue weighted by molar-refractivity contribution is 5.96. The number of aliphatic hydroxyl groups is 1. The third-order valence-corrected chi connectivity index (χ3v) is 3.26. The van der Waals surface area contributed by atoms with Crippen molar-refractivity contribution in [3.8, 4) is 5.75 Å². The van der Waals surface area contributed by atoms with Crippen LogP contribution in [0.5, 0.6) is 5.75 Å². The molecule has 2 aromatic rings. The van der Waals surface area contributed by atoms with E-state index in [4.69, 9.17) is 5.11 Å². The third kappa shape index (κ3) is 3.83. The molecule has 0 fully saturated rings. The second-order valence-electron chi connectivity index (χ2n) is 4.96. The number of carbonyl (C=O) groups excluding carboxylic acids is 1. The Morgan fingerprint density at radius 1 is 1.14 bits per heavy atom. The summed E-state index contributed by atoms with van der Waals surface area (Å²) in [6, 6.07) is 14.5. The second-order valence-corrected chi connectivity index (χ2v) is 4.96. The van der Waals surface area contributed by atoms with Crippen molar-refractivity contribution >= 4 is 5.91 Å². The standard InChI is InChI=1S/C17H19NO3/c1-13-7-8-15(16(20)11-13)17(21)18(9-10-19)12-14-5-3-2-4-6-14/h2-8,11,19-20H,9-10,12H2,1H3. The second kappa shape index (κ2) is 6.90. The highest BCUT2D eigenvalue weighted by Crippen LogP contribution is 2.21. The lowest BCUT2D eigenvalue weighted by Gasteiger charge is -2.22. The molecular formula is C17H19NO3. The van der Waals surface area contributed by atoms with Gasteiger partial charge in [-0.2, -0.15) is 0 Å². The van der Waals surface area contributed by atoms with Gasteiger partial charge in [0.25, 0.3) is 5.91 Å². The number of aryl methyl sites for hydroxylation is 1. The van der Waals surface area contributed by atoms with Crippen LogP contribution in [0, 0.1) is 6.92 Å². The van der Waals surface area contributed by atoms with Crippen LogP contribution in [0.1, 0.15) is 21.5 Å². The molecule has 21 heavy (non-hydrogen) atoms. The topological polar surface area (TPSA) is 60.8 Å². The van der Waals surface area contributed by atoms with Gasteiger partial charge in [0.2, 0.25) is 0 Å². The summed E-state index contributed by atoms with van der Waals surface area (Å²) in [5, 5.41) is 19.1. The first-order valence-corrected chi connectivity index (χ1v) is 6.85. The molecule has 4 heteroatoms. The molecule has 0 aromatic heterocycles. The lowest BCUT2D eigenvalue weighted by Crippen LogP contribution is -2.33. The summed E-state index contributed by atoms with van der Waals surface area (Å²) in [5.74, 6) is -0.318. The average molecular weight is 285 g/mol. The lowest BCUT2D eigenvalue weighted by atomic mass is 10.1. The van der Waals surface area contributed by atoms with Gasteiger partial charge in [0, 0.05) is 13.1 Å². The Morgan fingerprint density at radius 3 is 2.48 bits per heavy atom. The van der Waals surface area contributed by atoms with Gasteiger partial charge in [0.1, 0.15) is 5.75 Å². The van der Waals surface area contributed by atoms with E-state index < -0.39 is 0 Å². The number of hydrogen-bond acceptors (Lipinski definition) is 3. The van der Waals surface area contributed by atoms with E-state index >= 15 is 0 Å². The predicted molar refractivity (Wildman–Crippen MR) is 81.1 cm³/mol. The van der Waals surface area contributed by atoms with Crippen molar-refractivity contribution in [3.63, 3.8) is 0 Å². The number of amides is 1. The molecule has 0 atom stereocenters. The fraction of sp³-hybridized carbons (Fsp3) is 0.235. The maximum atomic E-state index is 12.5. The minimum absolute atomic E-state index is 0.0315. The number of aliphatic hydroxyl groups excluding tert-OH is 1. The molecule has 0 unspecified atom stereocenters. The zero-order chi connectivity index (χ0) is 15.2. The Morgan fingerprint density at radius 2 is 1.86 bits per heavy atom. The molecular weight excluding hydrogens is 266 g/mol. The summed E-state index contributed by atoms with van der Waals surface area (Å²) in [5.41, 5.74) is 2.12. The lowest BCUT2D eigenvalue weighted by molar-refractivity contribution is 0.0705. The molecule has 0 heterocycles. The molecule has 2 rings (SSSR count). The molecule has 0 radical (unpaired) electrons. The van der Waals surface area contributed by atoms with Gasteiger partial charge in [-0.1, -0.05) is 36.4 Å². The van der Waals surface area contributed by atoms with Crippen LogP contribution in [0.15, 0.2) is 48.5 Å². The summed E-state index contributed by atoms with van der Waals surface area (Å²) in [6.07, 6.45) is 0. The van der Waals surface area contributed by atoms with Crippen LogP contribution in [0.2, 0.25) is 0 Å². The first-order chi connectivity index (χ1) is 10.1. The number of aromatic hydroxyl groups is 1. The van der Waals surface area contributed by atoms with Gasteiger partial charge in [0.15, 0.2) is 0 Å². The SMILES string of the molecule is Cc1ccc(C(=O)N(CCO)Cc2ccccc2)c(O)c1. The molecule has 0 bridgehead atoms. The van der Waals surface area contributed by atoms with E-state index in [0.29, 0.717) is 6.54 Å². The van der Waals surface area contributed by atoms with Crippen LogP contribution in [0.3, 0.4) is 0 Å². The van der Waals surface area contributed by atoms with Gasteiger partial charge in [-0.15, -0.1) is 0 Å². The fourth-order valence-corrected chi connectivity index (χ4v) is 2.17. The van der Waals surface area contributed by atoms with Gasteiger partial charge >= 0.3 is 0 Å². The highest BCUT2D eigenvalue weighted by atomic mass is 16.3. The van der Waals surface area contributed by atoms with Crippen molar-refractivity contribution in [2.75, 3.05) is 13.2 Å². The third-order valence-electron chi connectivity index (χ3n) is 3.26. The summed E-state index contributed by atoms with van der Waals surface area (Å²) >= 11 is 0. The molecule has 0 saturated heterocycles. The predicted octanol–water partition coefficient (Wildman–Crippen LogP) is 2.34. The molecule has 4 nitrogen and oxygen atoms in total. The van der Waals surface area contributed by atoms with Crippen molar-refractivity contribution in [2.24, 2.45) is 0 Å². The summed E-state index contributed by atoms with van der Waals surface area (Å²) in [6.45, 7) is 2.35. The number of phenolic OH excluding ortho intramolecular Hbond substituents is 1. The van der Waals surface area contributed by atoms with Crippen molar-refractivity contribution < 1.29 is 15.0 Å². The largest absolute Gasteiger partial charge is 0.507 e. The fourth-order valence-electron chi connectivity index (χ4n) is 2.17. The van der Waals surface area contributed by atoms with Crippen LogP contribution in [-0.2, 0) is 6.54 Å². The van der Waals surface area contributed by atoms with Gasteiger partial charge in [-0.25, -0.2) is 0 Å². The number of carbonyl (C=O) groups is 1. The Labute approximate surface area is 124 Å². The molecule has 2 aromatic carbocycles. The molecule has 0 aliphatic carbocycles. The average Bonchev–Trinajstić information content (AvgIpc) is 2.47. The summed E-state index contributed by atoms with van der Waals surface area (Å²) in [4.78, 5) is 14.1. The van der Waals surface area contributed by atoms with E-state index in [1.807, 2.05) is 37.3 Å². The van der Waals surface area contributed by atoms with Crippen LogP contribution >= 0.6 is 0 Å². The molecule has 0 spiro atoms. The van der Waals surface area contributed by atoms with E-state index in [-0.39, 0.29) is 30.4 Å². The van der Waals surface area contributed by atoms with Crippen LogP contribution < -0.4 is 0 Å². The Bertz CT molecular complexity index is 611. The van der Waals surface area contributed by atoms with Crippen molar-refractivity contribution in [1.29, 1.82) is 0 Å². The minimum atomic E-state index is -0.287. The van der Waals surface area contributed by atoms with E-state index in [1.165, 1.54) is 4.90 Å². The van der Waals surface area contributed by atoms with E-state index in [2.05, 4.69) is 0 Å². The quantitative estimate of drug-likeness (QED) is 0.886. The maximum absolute atomic E-state index is 12.5. The smallest absolute Gasteiger partial charge is 0.257 e. The van der Waals surface area contributed by atoms with Gasteiger partial charge in [-0.3, -0.25) is 4.79 Å². The normalized spacial score (nSPS) is 10.4. The molecule has 110 valence electrons.